The van der Waals surface area contributed by atoms with Gasteiger partial charge in [-0.3, -0.25) is 4.90 Å². The molecule has 0 bridgehead atoms. The van der Waals surface area contributed by atoms with Crippen LogP contribution in [0.15, 0.2) is 125 Å². The number of aryl methyl sites for hydroxylation is 2. The third kappa shape index (κ3) is 25.3. The SMILES string of the molecule is NS(=O)(=O)c1cccc(CCCOCCCCCCCN(Cc2ccccc2)C[C@H](O)c2ccc(O)c(CO)c2)c1.NS(=O)(=O)c1cccc(CCCOCCCCCCCNC[C@H](O)c2ccc(O)c(CO)c2)c1. The zero-order chi connectivity index (χ0) is 54.3. The van der Waals surface area contributed by atoms with Crippen LogP contribution in [-0.2, 0) is 62.1 Å². The van der Waals surface area contributed by atoms with Crippen LogP contribution in [0.3, 0.4) is 0 Å². The van der Waals surface area contributed by atoms with Crippen molar-refractivity contribution in [2.24, 2.45) is 10.3 Å². The Kier molecular flexibility index (Phi) is 29.1. The summed E-state index contributed by atoms with van der Waals surface area (Å²) in [6.07, 6.45) is 12.5. The number of rotatable bonds is 36. The number of nitrogens with one attached hydrogen (secondary N) is 1. The molecular formula is C57H82N4O12S2. The van der Waals surface area contributed by atoms with Gasteiger partial charge in [0, 0.05) is 57.2 Å². The molecule has 5 aromatic carbocycles. The van der Waals surface area contributed by atoms with E-state index in [1.165, 1.54) is 29.8 Å². The smallest absolute Gasteiger partial charge is 0.238 e. The highest BCUT2D eigenvalue weighted by Gasteiger charge is 2.17. The number of hydrogen-bond donors (Lipinski definition) is 9. The number of ether oxygens (including phenoxy) is 2. The van der Waals surface area contributed by atoms with Gasteiger partial charge in [-0.05, 0) is 141 Å². The first-order valence-electron chi connectivity index (χ1n) is 26.1. The normalized spacial score (nSPS) is 12.6. The van der Waals surface area contributed by atoms with Gasteiger partial charge in [-0.25, -0.2) is 27.1 Å². The summed E-state index contributed by atoms with van der Waals surface area (Å²) in [5, 5.41) is 72.8. The average molecular weight is 1080 g/mol. The molecule has 0 aliphatic rings. The first-order valence-corrected chi connectivity index (χ1v) is 29.2. The van der Waals surface area contributed by atoms with Gasteiger partial charge in [0.1, 0.15) is 11.5 Å². The summed E-state index contributed by atoms with van der Waals surface area (Å²) < 4.78 is 57.2. The Morgan fingerprint density at radius 3 is 1.47 bits per heavy atom. The van der Waals surface area contributed by atoms with Crippen LogP contribution in [0.1, 0.15) is 128 Å². The van der Waals surface area contributed by atoms with E-state index in [1.54, 1.807) is 48.5 Å². The predicted molar refractivity (Wildman–Crippen MR) is 293 cm³/mol. The minimum absolute atomic E-state index is 0.0307. The second-order valence-corrected chi connectivity index (χ2v) is 22.0. The summed E-state index contributed by atoms with van der Waals surface area (Å²) in [6, 6.07) is 33.3. The van der Waals surface area contributed by atoms with Crippen molar-refractivity contribution >= 4 is 20.0 Å². The minimum Gasteiger partial charge on any atom is -0.508 e. The standard InChI is InChI=1S/C32H44N2O6S.C25H38N2O6S/c33-41(38,39)30-15-9-13-26(21-30)14-10-20-40-19-8-3-1-2-7-18-34(23-27-11-5-4-6-12-27)24-32(37)28-16-17-31(36)29(22-28)25-35;26-34(31,32)23-10-6-8-20(16-23)9-7-15-33-14-5-3-1-2-4-13-27-18-25(30)21-11-12-24(29)22(17-21)19-28/h4-6,9,11-13,15-17,21-22,32,35-37H,1-3,7-8,10,14,18-20,23-25H2,(H2,33,38,39);6,8,10-12,16-17,25,27-30H,1-5,7,9,13-15,18-19H2,(H2,26,31,32)/t32-;25-/m00/s1. The van der Waals surface area contributed by atoms with Crippen molar-refractivity contribution in [3.8, 4) is 11.5 Å². The number of sulfonamides is 2. The van der Waals surface area contributed by atoms with Crippen LogP contribution >= 0.6 is 0 Å². The van der Waals surface area contributed by atoms with E-state index in [4.69, 9.17) is 19.8 Å². The minimum atomic E-state index is -3.68. The first-order chi connectivity index (χ1) is 36.1. The zero-order valence-electron chi connectivity index (χ0n) is 43.4. The fourth-order valence-corrected chi connectivity index (χ4v) is 9.60. The highest BCUT2D eigenvalue weighted by atomic mass is 32.2. The summed E-state index contributed by atoms with van der Waals surface area (Å²) >= 11 is 0. The molecule has 75 heavy (non-hydrogen) atoms. The van der Waals surface area contributed by atoms with Crippen molar-refractivity contribution in [1.82, 2.24) is 10.2 Å². The number of nitrogens with two attached hydrogens (primary N) is 2. The van der Waals surface area contributed by atoms with Gasteiger partial charge >= 0.3 is 0 Å². The number of nitrogens with zero attached hydrogens (tertiary/aromatic N) is 1. The first kappa shape index (κ1) is 62.7. The predicted octanol–water partition coefficient (Wildman–Crippen LogP) is 7.42. The van der Waals surface area contributed by atoms with Gasteiger partial charge in [-0.1, -0.05) is 105 Å². The summed E-state index contributed by atoms with van der Waals surface area (Å²) in [5.41, 5.74) is 5.25. The third-order valence-corrected chi connectivity index (χ3v) is 14.5. The maximum Gasteiger partial charge on any atom is 0.238 e. The number of unbranched alkanes of at least 4 members (excludes halogenated alkanes) is 8. The lowest BCUT2D eigenvalue weighted by Crippen LogP contribution is -2.29. The molecule has 414 valence electrons. The van der Waals surface area contributed by atoms with E-state index in [-0.39, 0.29) is 34.5 Å². The molecule has 5 aromatic rings. The molecule has 16 nitrogen and oxygen atoms in total. The van der Waals surface area contributed by atoms with E-state index in [0.29, 0.717) is 55.2 Å². The van der Waals surface area contributed by atoms with E-state index >= 15 is 0 Å². The molecule has 0 unspecified atom stereocenters. The molecule has 0 heterocycles. The van der Waals surface area contributed by atoms with Crippen molar-refractivity contribution in [1.29, 1.82) is 0 Å². The number of aliphatic hydroxyl groups excluding tert-OH is 4. The molecular weight excluding hydrogens is 997 g/mol. The van der Waals surface area contributed by atoms with Gasteiger partial charge in [0.05, 0.1) is 35.2 Å². The monoisotopic (exact) mass is 1080 g/mol. The van der Waals surface area contributed by atoms with E-state index in [9.17, 15) is 47.5 Å². The maximum absolute atomic E-state index is 11.5. The zero-order valence-corrected chi connectivity index (χ0v) is 45.0. The van der Waals surface area contributed by atoms with Crippen LogP contribution in [0.5, 0.6) is 11.5 Å². The van der Waals surface area contributed by atoms with E-state index in [2.05, 4.69) is 22.3 Å². The van der Waals surface area contributed by atoms with Crippen LogP contribution in [-0.4, -0.2) is 105 Å². The van der Waals surface area contributed by atoms with Crippen LogP contribution in [0.4, 0.5) is 0 Å². The fraction of sp³-hybridized carbons (Fsp3) is 0.474. The molecule has 11 N–H and O–H groups in total. The number of hydrogen-bond acceptors (Lipinski definition) is 14. The summed E-state index contributed by atoms with van der Waals surface area (Å²) in [4.78, 5) is 2.54. The van der Waals surface area contributed by atoms with Crippen LogP contribution in [0.2, 0.25) is 0 Å². The Morgan fingerprint density at radius 2 is 0.960 bits per heavy atom. The fourth-order valence-electron chi connectivity index (χ4n) is 8.43. The van der Waals surface area contributed by atoms with Gasteiger partial charge in [-0.15, -0.1) is 0 Å². The Bertz CT molecular complexity index is 2610. The third-order valence-electron chi connectivity index (χ3n) is 12.7. The average Bonchev–Trinajstić information content (AvgIpc) is 3.39. The molecule has 0 aliphatic heterocycles. The van der Waals surface area contributed by atoms with Crippen molar-refractivity contribution in [3.05, 3.63) is 154 Å². The van der Waals surface area contributed by atoms with Gasteiger partial charge in [0.15, 0.2) is 0 Å². The van der Waals surface area contributed by atoms with Gasteiger partial charge in [0.25, 0.3) is 0 Å². The number of phenols is 2. The van der Waals surface area contributed by atoms with E-state index in [1.807, 2.05) is 30.3 Å². The van der Waals surface area contributed by atoms with Crippen molar-refractivity contribution in [2.75, 3.05) is 52.6 Å². The summed E-state index contributed by atoms with van der Waals surface area (Å²) in [6.45, 7) is 5.50. The quantitative estimate of drug-likeness (QED) is 0.0177. The Balaban J connectivity index is 0.000000330. The topological polar surface area (TPSA) is 275 Å². The lowest BCUT2D eigenvalue weighted by atomic mass is 10.0. The number of primary sulfonamides is 2. The van der Waals surface area contributed by atoms with Crippen LogP contribution in [0.25, 0.3) is 0 Å². The Labute approximate surface area is 445 Å². The molecule has 0 saturated carbocycles. The van der Waals surface area contributed by atoms with E-state index in [0.717, 1.165) is 127 Å². The number of benzene rings is 5. The highest BCUT2D eigenvalue weighted by Crippen LogP contribution is 2.25. The van der Waals surface area contributed by atoms with Gasteiger partial charge < -0.3 is 45.4 Å². The second kappa shape index (κ2) is 34.8. The molecule has 0 radical (unpaired) electrons. The molecule has 5 rings (SSSR count). The molecule has 0 amide bonds. The number of aromatic hydroxyl groups is 2. The van der Waals surface area contributed by atoms with Crippen LogP contribution in [0, 0.1) is 0 Å². The molecule has 2 atom stereocenters. The molecule has 0 saturated heterocycles. The van der Waals surface area contributed by atoms with Crippen LogP contribution < -0.4 is 15.6 Å². The molecule has 0 aromatic heterocycles. The van der Waals surface area contributed by atoms with Crippen molar-refractivity contribution < 1.29 is 56.9 Å². The lowest BCUT2D eigenvalue weighted by Gasteiger charge is -2.26. The highest BCUT2D eigenvalue weighted by molar-refractivity contribution is 7.89. The van der Waals surface area contributed by atoms with Crippen molar-refractivity contribution in [3.63, 3.8) is 0 Å². The molecule has 0 spiro atoms. The second-order valence-electron chi connectivity index (χ2n) is 18.9. The van der Waals surface area contributed by atoms with Crippen molar-refractivity contribution in [2.45, 2.75) is 132 Å². The Morgan fingerprint density at radius 1 is 0.507 bits per heavy atom. The molecule has 0 aliphatic carbocycles. The Hall–Kier alpha value is -4.80. The number of aliphatic hydroxyl groups is 4. The lowest BCUT2D eigenvalue weighted by molar-refractivity contribution is 0.107. The molecule has 18 heteroatoms. The van der Waals surface area contributed by atoms with Gasteiger partial charge in [-0.2, -0.15) is 0 Å². The van der Waals surface area contributed by atoms with Gasteiger partial charge in [0.2, 0.25) is 20.0 Å². The van der Waals surface area contributed by atoms with E-state index < -0.39 is 32.3 Å². The summed E-state index contributed by atoms with van der Waals surface area (Å²) in [5.74, 6) is 0.0630. The molecule has 0 fully saturated rings. The summed E-state index contributed by atoms with van der Waals surface area (Å²) in [7, 11) is -7.34. The largest absolute Gasteiger partial charge is 0.508 e. The maximum atomic E-state index is 11.5.